The van der Waals surface area contributed by atoms with Crippen LogP contribution < -0.4 is 9.04 Å². The fourth-order valence-corrected chi connectivity index (χ4v) is 5.95. The maximum atomic E-state index is 13.7. The van der Waals surface area contributed by atoms with Gasteiger partial charge >= 0.3 is 18.3 Å². The quantitative estimate of drug-likeness (QED) is 0.239. The van der Waals surface area contributed by atoms with Gasteiger partial charge in [0.2, 0.25) is 0 Å². The minimum absolute atomic E-state index is 0.0106. The van der Waals surface area contributed by atoms with E-state index in [0.29, 0.717) is 11.6 Å². The van der Waals surface area contributed by atoms with Crippen LogP contribution in [0.2, 0.25) is 0 Å². The lowest BCUT2D eigenvalue weighted by molar-refractivity contribution is -0.142. The molecule has 2 heterocycles. The molecule has 0 amide bonds. The average Bonchev–Trinajstić information content (AvgIpc) is 2.93. The Morgan fingerprint density at radius 3 is 2.46 bits per heavy atom. The van der Waals surface area contributed by atoms with Crippen molar-refractivity contribution in [2.75, 3.05) is 18.0 Å². The van der Waals surface area contributed by atoms with E-state index in [1.54, 1.807) is 6.07 Å². The standard InChI is InChI=1S/C27H24F6N2O5S/c1-39-24(36)12-10-20-16-35(41(37,38)21-6-2-5-19(15-21)26(28,29)30)22-14-17(8-11-23(22)40-20)7-9-18-4-3-13-34-25(18)27(31,32)33/h2-6,8,11,13-15,20H,7,9-10,12,16H2,1H3/t20-/m0/s1. The largest absolute Gasteiger partial charge is 0.486 e. The predicted molar refractivity (Wildman–Crippen MR) is 135 cm³/mol. The Labute approximate surface area is 231 Å². The van der Waals surface area contributed by atoms with E-state index in [0.717, 1.165) is 28.7 Å². The Kier molecular flexibility index (Phi) is 8.52. The molecule has 1 atom stereocenters. The third kappa shape index (κ3) is 6.92. The molecule has 3 aromatic rings. The van der Waals surface area contributed by atoms with Crippen molar-refractivity contribution in [3.8, 4) is 5.75 Å². The molecule has 0 saturated heterocycles. The monoisotopic (exact) mass is 602 g/mol. The number of carbonyl (C=O) groups is 1. The van der Waals surface area contributed by atoms with Crippen LogP contribution in [0.1, 0.15) is 35.2 Å². The molecule has 0 bridgehead atoms. The van der Waals surface area contributed by atoms with Crippen LogP contribution in [0.25, 0.3) is 0 Å². The summed E-state index contributed by atoms with van der Waals surface area (Å²) < 4.78 is 119. The number of anilines is 1. The highest BCUT2D eigenvalue weighted by atomic mass is 32.2. The molecular formula is C27H24F6N2O5S. The van der Waals surface area contributed by atoms with Crippen molar-refractivity contribution in [3.63, 3.8) is 0 Å². The van der Waals surface area contributed by atoms with Crippen LogP contribution in [0.15, 0.2) is 65.7 Å². The van der Waals surface area contributed by atoms with Gasteiger partial charge in [0.15, 0.2) is 0 Å². The summed E-state index contributed by atoms with van der Waals surface area (Å²) in [7, 11) is -3.38. The summed E-state index contributed by atoms with van der Waals surface area (Å²) in [5, 5.41) is 0. The minimum atomic E-state index is -4.79. The highest BCUT2D eigenvalue weighted by Gasteiger charge is 2.38. The average molecular weight is 603 g/mol. The summed E-state index contributed by atoms with van der Waals surface area (Å²) in [6.45, 7) is -0.327. The zero-order chi connectivity index (χ0) is 30.0. The molecule has 14 heteroatoms. The minimum Gasteiger partial charge on any atom is -0.486 e. The number of benzene rings is 2. The number of hydrogen-bond donors (Lipinski definition) is 0. The van der Waals surface area contributed by atoms with Crippen LogP contribution in [-0.2, 0) is 44.7 Å². The van der Waals surface area contributed by atoms with Crippen molar-refractivity contribution >= 4 is 21.7 Å². The number of sulfonamides is 1. The number of nitrogens with zero attached hydrogens (tertiary/aromatic N) is 2. The molecule has 1 aromatic heterocycles. The number of hydrogen-bond acceptors (Lipinski definition) is 6. The number of alkyl halides is 6. The van der Waals surface area contributed by atoms with E-state index in [1.807, 2.05) is 0 Å². The number of ether oxygens (including phenoxy) is 2. The molecule has 0 spiro atoms. The first-order valence-corrected chi connectivity index (χ1v) is 13.7. The number of esters is 1. The highest BCUT2D eigenvalue weighted by Crippen LogP contribution is 2.40. The van der Waals surface area contributed by atoms with E-state index in [1.165, 1.54) is 31.4 Å². The lowest BCUT2D eigenvalue weighted by Gasteiger charge is -2.36. The van der Waals surface area contributed by atoms with Gasteiger partial charge in [-0.15, -0.1) is 0 Å². The van der Waals surface area contributed by atoms with Gasteiger partial charge in [-0.2, -0.15) is 26.3 Å². The Morgan fingerprint density at radius 1 is 1.02 bits per heavy atom. The Hall–Kier alpha value is -3.81. The van der Waals surface area contributed by atoms with Gasteiger partial charge < -0.3 is 9.47 Å². The first kappa shape index (κ1) is 30.2. The Bertz CT molecular complexity index is 1530. The molecule has 0 fully saturated rings. The van der Waals surface area contributed by atoms with Crippen LogP contribution in [0.4, 0.5) is 32.0 Å². The third-order valence-electron chi connectivity index (χ3n) is 6.45. The van der Waals surface area contributed by atoms with Crippen LogP contribution in [0.3, 0.4) is 0 Å². The second kappa shape index (κ2) is 11.6. The maximum Gasteiger partial charge on any atom is 0.433 e. The van der Waals surface area contributed by atoms with Crippen LogP contribution in [0.5, 0.6) is 5.75 Å². The second-order valence-corrected chi connectivity index (χ2v) is 11.1. The van der Waals surface area contributed by atoms with Gasteiger partial charge in [0, 0.05) is 12.6 Å². The van der Waals surface area contributed by atoms with Gasteiger partial charge in [0.05, 0.1) is 29.8 Å². The van der Waals surface area contributed by atoms with E-state index in [9.17, 15) is 39.6 Å². The fraction of sp³-hybridized carbons (Fsp3) is 0.333. The molecular weight excluding hydrogens is 578 g/mol. The molecule has 41 heavy (non-hydrogen) atoms. The summed E-state index contributed by atoms with van der Waals surface area (Å²) in [6, 6.07) is 10.4. The zero-order valence-corrected chi connectivity index (χ0v) is 22.3. The van der Waals surface area contributed by atoms with Crippen molar-refractivity contribution in [1.82, 2.24) is 4.98 Å². The molecule has 2 aromatic carbocycles. The zero-order valence-electron chi connectivity index (χ0n) is 21.5. The van der Waals surface area contributed by atoms with E-state index >= 15 is 0 Å². The van der Waals surface area contributed by atoms with Gasteiger partial charge in [-0.05, 0) is 66.8 Å². The van der Waals surface area contributed by atoms with Crippen molar-refractivity contribution in [2.45, 2.75) is 49.0 Å². The summed E-state index contributed by atoms with van der Waals surface area (Å²) in [4.78, 5) is 14.5. The Morgan fingerprint density at radius 2 is 1.78 bits per heavy atom. The van der Waals surface area contributed by atoms with Gasteiger partial charge in [-0.3, -0.25) is 14.1 Å². The second-order valence-electron chi connectivity index (χ2n) is 9.23. The normalized spacial score (nSPS) is 15.7. The molecule has 0 aliphatic carbocycles. The summed E-state index contributed by atoms with van der Waals surface area (Å²) in [5.41, 5.74) is -1.76. The molecule has 1 aliphatic rings. The molecule has 4 rings (SSSR count). The van der Waals surface area contributed by atoms with Gasteiger partial charge in [0.25, 0.3) is 10.0 Å². The van der Waals surface area contributed by atoms with Crippen molar-refractivity contribution < 1.29 is 49.0 Å². The topological polar surface area (TPSA) is 85.8 Å². The molecule has 220 valence electrons. The first-order chi connectivity index (χ1) is 19.2. The molecule has 1 aliphatic heterocycles. The van der Waals surface area contributed by atoms with Crippen molar-refractivity contribution in [2.24, 2.45) is 0 Å². The summed E-state index contributed by atoms with van der Waals surface area (Å²) in [6.07, 6.45) is -9.27. The Balaban J connectivity index is 1.70. The lowest BCUT2D eigenvalue weighted by atomic mass is 10.0. The maximum absolute atomic E-state index is 13.7. The molecule has 0 saturated carbocycles. The number of fused-ring (bicyclic) bond motifs is 1. The molecule has 0 unspecified atom stereocenters. The first-order valence-electron chi connectivity index (χ1n) is 12.3. The number of rotatable bonds is 8. The number of halogens is 6. The molecule has 0 N–H and O–H groups in total. The predicted octanol–water partition coefficient (Wildman–Crippen LogP) is 5.81. The van der Waals surface area contributed by atoms with Crippen molar-refractivity contribution in [3.05, 3.63) is 83.2 Å². The number of methoxy groups -OCH3 is 1. The van der Waals surface area contributed by atoms with Crippen LogP contribution >= 0.6 is 0 Å². The molecule has 7 nitrogen and oxygen atoms in total. The van der Waals surface area contributed by atoms with E-state index in [4.69, 9.17) is 4.74 Å². The van der Waals surface area contributed by atoms with E-state index < -0.39 is 50.6 Å². The number of pyridine rings is 1. The van der Waals surface area contributed by atoms with Gasteiger partial charge in [-0.25, -0.2) is 8.42 Å². The van der Waals surface area contributed by atoms with Crippen LogP contribution in [-0.4, -0.2) is 39.1 Å². The van der Waals surface area contributed by atoms with E-state index in [2.05, 4.69) is 9.72 Å². The van der Waals surface area contributed by atoms with Crippen molar-refractivity contribution in [1.29, 1.82) is 0 Å². The lowest BCUT2D eigenvalue weighted by Crippen LogP contribution is -2.43. The SMILES string of the molecule is COC(=O)CC[C@H]1CN(S(=O)(=O)c2cccc(C(F)(F)F)c2)c2cc(CCc3cccnc3C(F)(F)F)ccc2O1. The van der Waals surface area contributed by atoms with Gasteiger partial charge in [-0.1, -0.05) is 18.2 Å². The summed E-state index contributed by atoms with van der Waals surface area (Å²) >= 11 is 0. The number of aryl methyl sites for hydroxylation is 2. The highest BCUT2D eigenvalue weighted by molar-refractivity contribution is 7.92. The van der Waals surface area contributed by atoms with Gasteiger partial charge in [0.1, 0.15) is 17.5 Å². The van der Waals surface area contributed by atoms with Crippen LogP contribution in [0, 0.1) is 0 Å². The fourth-order valence-electron chi connectivity index (χ4n) is 4.41. The number of aromatic nitrogens is 1. The molecule has 0 radical (unpaired) electrons. The summed E-state index contributed by atoms with van der Waals surface area (Å²) in [5.74, 6) is -0.474. The van der Waals surface area contributed by atoms with E-state index in [-0.39, 0.29) is 49.2 Å². The third-order valence-corrected chi connectivity index (χ3v) is 8.22. The number of carbonyl (C=O) groups excluding carboxylic acids is 1. The smallest absolute Gasteiger partial charge is 0.433 e.